The van der Waals surface area contributed by atoms with Crippen LogP contribution in [0.4, 0.5) is 5.69 Å². The van der Waals surface area contributed by atoms with Gasteiger partial charge in [-0.15, -0.1) is 0 Å². The second kappa shape index (κ2) is 6.05. The summed E-state index contributed by atoms with van der Waals surface area (Å²) in [7, 11) is 0. The zero-order valence-electron chi connectivity index (χ0n) is 13.7. The molecule has 0 radical (unpaired) electrons. The van der Waals surface area contributed by atoms with Gasteiger partial charge in [0.05, 0.1) is 10.9 Å². The SMILES string of the molecule is CCC(=O)OCCNc1ccc2noc3c2c1C(=O)c1ccccc1-3. The number of benzene rings is 2. The largest absolute Gasteiger partial charge is 0.464 e. The van der Waals surface area contributed by atoms with Crippen molar-refractivity contribution in [1.29, 1.82) is 0 Å². The molecule has 6 nitrogen and oxygen atoms in total. The fraction of sp³-hybridized carbons (Fsp3) is 0.211. The number of hydrogen-bond donors (Lipinski definition) is 1. The van der Waals surface area contributed by atoms with E-state index in [9.17, 15) is 9.59 Å². The Balaban J connectivity index is 1.71. The van der Waals surface area contributed by atoms with Gasteiger partial charge in [-0.1, -0.05) is 36.3 Å². The molecule has 0 unspecified atom stereocenters. The molecule has 2 aromatic carbocycles. The van der Waals surface area contributed by atoms with Crippen LogP contribution >= 0.6 is 0 Å². The number of ketones is 1. The average Bonchev–Trinajstić information content (AvgIpc) is 3.08. The number of rotatable bonds is 5. The zero-order chi connectivity index (χ0) is 17.4. The van der Waals surface area contributed by atoms with E-state index in [-0.39, 0.29) is 18.4 Å². The minimum absolute atomic E-state index is 0.0649. The molecule has 1 aliphatic rings. The highest BCUT2D eigenvalue weighted by Crippen LogP contribution is 2.41. The van der Waals surface area contributed by atoms with Crippen molar-refractivity contribution in [2.75, 3.05) is 18.5 Å². The van der Waals surface area contributed by atoms with Gasteiger partial charge in [0, 0.05) is 29.8 Å². The van der Waals surface area contributed by atoms with Crippen LogP contribution in [0.15, 0.2) is 40.9 Å². The van der Waals surface area contributed by atoms with Gasteiger partial charge in [-0.25, -0.2) is 0 Å². The summed E-state index contributed by atoms with van der Waals surface area (Å²) in [6.45, 7) is 2.41. The lowest BCUT2D eigenvalue weighted by Gasteiger charge is -2.17. The zero-order valence-corrected chi connectivity index (χ0v) is 13.7. The van der Waals surface area contributed by atoms with Crippen molar-refractivity contribution in [1.82, 2.24) is 5.16 Å². The fourth-order valence-electron chi connectivity index (χ4n) is 3.07. The second-order valence-corrected chi connectivity index (χ2v) is 5.77. The molecular weight excluding hydrogens is 320 g/mol. The predicted molar refractivity (Wildman–Crippen MR) is 92.6 cm³/mol. The maximum absolute atomic E-state index is 13.0. The van der Waals surface area contributed by atoms with Crippen LogP contribution in [-0.2, 0) is 9.53 Å². The van der Waals surface area contributed by atoms with Gasteiger partial charge in [0.1, 0.15) is 12.1 Å². The molecule has 1 aromatic heterocycles. The molecule has 0 saturated carbocycles. The third-order valence-corrected chi connectivity index (χ3v) is 4.26. The summed E-state index contributed by atoms with van der Waals surface area (Å²) in [4.78, 5) is 24.2. The Morgan fingerprint density at radius 2 is 2.00 bits per heavy atom. The summed E-state index contributed by atoms with van der Waals surface area (Å²) in [6.07, 6.45) is 0.344. The van der Waals surface area contributed by atoms with Gasteiger partial charge in [0.15, 0.2) is 11.5 Å². The van der Waals surface area contributed by atoms with Crippen LogP contribution in [0.25, 0.3) is 22.2 Å². The molecule has 6 heteroatoms. The molecule has 0 bridgehead atoms. The van der Waals surface area contributed by atoms with Gasteiger partial charge in [0.2, 0.25) is 0 Å². The third kappa shape index (κ3) is 2.46. The molecule has 0 atom stereocenters. The van der Waals surface area contributed by atoms with E-state index in [0.717, 1.165) is 10.9 Å². The number of nitrogens with zero attached hydrogens (tertiary/aromatic N) is 1. The first kappa shape index (κ1) is 15.4. The standard InChI is InChI=1S/C19H16N2O4/c1-2-15(22)24-10-9-20-13-7-8-14-17-16(13)18(23)11-5-3-4-6-12(11)19(17)25-21-14/h3-8,20H,2,9-10H2,1H3. The van der Waals surface area contributed by atoms with Crippen molar-refractivity contribution < 1.29 is 18.8 Å². The number of anilines is 1. The van der Waals surface area contributed by atoms with Gasteiger partial charge in [0.25, 0.3) is 0 Å². The van der Waals surface area contributed by atoms with Crippen LogP contribution in [0, 0.1) is 0 Å². The molecule has 4 rings (SSSR count). The van der Waals surface area contributed by atoms with Crippen molar-refractivity contribution in [2.45, 2.75) is 13.3 Å². The topological polar surface area (TPSA) is 81.4 Å². The number of ether oxygens (including phenoxy) is 1. The summed E-state index contributed by atoms with van der Waals surface area (Å²) >= 11 is 0. The summed E-state index contributed by atoms with van der Waals surface area (Å²) < 4.78 is 10.6. The van der Waals surface area contributed by atoms with Crippen LogP contribution in [-0.4, -0.2) is 30.1 Å². The Hall–Kier alpha value is -3.15. The molecule has 3 aromatic rings. The third-order valence-electron chi connectivity index (χ3n) is 4.26. The molecule has 0 aliphatic heterocycles. The number of nitrogens with one attached hydrogen (secondary N) is 1. The van der Waals surface area contributed by atoms with E-state index >= 15 is 0 Å². The first-order valence-electron chi connectivity index (χ1n) is 8.16. The maximum atomic E-state index is 13.0. The fourth-order valence-corrected chi connectivity index (χ4v) is 3.07. The molecule has 1 aliphatic carbocycles. The van der Waals surface area contributed by atoms with E-state index in [1.165, 1.54) is 0 Å². The number of esters is 1. The van der Waals surface area contributed by atoms with Crippen molar-refractivity contribution in [3.05, 3.63) is 47.5 Å². The first-order valence-corrected chi connectivity index (χ1v) is 8.16. The summed E-state index contributed by atoms with van der Waals surface area (Å²) in [5, 5.41) is 7.97. The van der Waals surface area contributed by atoms with Crippen molar-refractivity contribution in [3.8, 4) is 11.3 Å². The lowest BCUT2D eigenvalue weighted by Crippen LogP contribution is -2.16. The summed E-state index contributed by atoms with van der Waals surface area (Å²) in [6, 6.07) is 11.0. The van der Waals surface area contributed by atoms with Crippen LogP contribution in [0.3, 0.4) is 0 Å². The quantitative estimate of drug-likeness (QED) is 0.444. The minimum Gasteiger partial charge on any atom is -0.464 e. The van der Waals surface area contributed by atoms with E-state index in [0.29, 0.717) is 41.1 Å². The predicted octanol–water partition coefficient (Wildman–Crippen LogP) is 3.40. The highest BCUT2D eigenvalue weighted by atomic mass is 16.5. The second-order valence-electron chi connectivity index (χ2n) is 5.77. The molecule has 0 amide bonds. The summed E-state index contributed by atoms with van der Waals surface area (Å²) in [5.74, 6) is 0.302. The van der Waals surface area contributed by atoms with Crippen LogP contribution in [0.1, 0.15) is 29.3 Å². The Labute approximate surface area is 143 Å². The van der Waals surface area contributed by atoms with E-state index in [2.05, 4.69) is 10.5 Å². The van der Waals surface area contributed by atoms with Gasteiger partial charge < -0.3 is 14.6 Å². The molecule has 1 N–H and O–H groups in total. The highest BCUT2D eigenvalue weighted by molar-refractivity contribution is 6.27. The van der Waals surface area contributed by atoms with Gasteiger partial charge >= 0.3 is 5.97 Å². The Morgan fingerprint density at radius 3 is 2.80 bits per heavy atom. The molecule has 0 saturated heterocycles. The van der Waals surface area contributed by atoms with E-state index in [1.54, 1.807) is 19.1 Å². The van der Waals surface area contributed by atoms with Crippen LogP contribution in [0.2, 0.25) is 0 Å². The number of carbonyl (C=O) groups excluding carboxylic acids is 2. The number of aromatic nitrogens is 1. The van der Waals surface area contributed by atoms with E-state index < -0.39 is 0 Å². The van der Waals surface area contributed by atoms with Crippen LogP contribution in [0.5, 0.6) is 0 Å². The number of fused-ring (bicyclic) bond motifs is 2. The van der Waals surface area contributed by atoms with Gasteiger partial charge in [-0.05, 0) is 12.1 Å². The minimum atomic E-state index is -0.245. The van der Waals surface area contributed by atoms with Crippen molar-refractivity contribution >= 4 is 28.3 Å². The first-order chi connectivity index (χ1) is 12.2. The Kier molecular flexibility index (Phi) is 3.72. The van der Waals surface area contributed by atoms with Gasteiger partial charge in [-0.2, -0.15) is 0 Å². The van der Waals surface area contributed by atoms with Gasteiger partial charge in [-0.3, -0.25) is 9.59 Å². The Morgan fingerprint density at radius 1 is 1.20 bits per heavy atom. The Bertz CT molecular complexity index is 990. The molecule has 1 heterocycles. The lowest BCUT2D eigenvalue weighted by atomic mass is 9.87. The van der Waals surface area contributed by atoms with Crippen LogP contribution < -0.4 is 5.32 Å². The highest BCUT2D eigenvalue weighted by Gasteiger charge is 2.30. The smallest absolute Gasteiger partial charge is 0.305 e. The molecule has 126 valence electrons. The maximum Gasteiger partial charge on any atom is 0.305 e. The molecule has 0 fully saturated rings. The molecule has 25 heavy (non-hydrogen) atoms. The van der Waals surface area contributed by atoms with E-state index in [4.69, 9.17) is 9.26 Å². The van der Waals surface area contributed by atoms with Crippen molar-refractivity contribution in [3.63, 3.8) is 0 Å². The molecule has 0 spiro atoms. The number of carbonyl (C=O) groups is 2. The normalized spacial score (nSPS) is 12.1. The lowest BCUT2D eigenvalue weighted by molar-refractivity contribution is -0.142. The number of hydrogen-bond acceptors (Lipinski definition) is 6. The average molecular weight is 336 g/mol. The molecular formula is C19H16N2O4. The monoisotopic (exact) mass is 336 g/mol. The van der Waals surface area contributed by atoms with E-state index in [1.807, 2.05) is 24.3 Å². The summed E-state index contributed by atoms with van der Waals surface area (Å²) in [5.41, 5.74) is 3.24. The van der Waals surface area contributed by atoms with Crippen molar-refractivity contribution in [2.24, 2.45) is 0 Å².